The lowest BCUT2D eigenvalue weighted by Crippen LogP contribution is -2.29. The van der Waals surface area contributed by atoms with Gasteiger partial charge in [0.15, 0.2) is 10.3 Å². The van der Waals surface area contributed by atoms with Gasteiger partial charge in [-0.15, -0.1) is 0 Å². The van der Waals surface area contributed by atoms with E-state index < -0.39 is 0 Å². The van der Waals surface area contributed by atoms with Crippen molar-refractivity contribution in [2.45, 2.75) is 23.5 Å². The Labute approximate surface area is 138 Å². The Balaban J connectivity index is 2.13. The van der Waals surface area contributed by atoms with Gasteiger partial charge < -0.3 is 15.4 Å². The topological polar surface area (TPSA) is 84.9 Å². The van der Waals surface area contributed by atoms with Crippen molar-refractivity contribution in [1.82, 2.24) is 25.3 Å². The molecule has 9 heteroatoms. The van der Waals surface area contributed by atoms with Crippen LogP contribution in [0.3, 0.4) is 0 Å². The first-order chi connectivity index (χ1) is 10.7. The Bertz CT molecular complexity index is 625. The molecule has 0 aliphatic rings. The maximum atomic E-state index is 5.19. The van der Waals surface area contributed by atoms with Gasteiger partial charge in [0.1, 0.15) is 5.03 Å². The summed E-state index contributed by atoms with van der Waals surface area (Å²) in [5, 5.41) is 7.73. The highest BCUT2D eigenvalue weighted by Gasteiger charge is 2.09. The minimum Gasteiger partial charge on any atom is -0.481 e. The molecule has 2 aromatic rings. The highest BCUT2D eigenvalue weighted by molar-refractivity contribution is 7.99. The number of ether oxygens (including phenoxy) is 1. The van der Waals surface area contributed by atoms with E-state index in [1.54, 1.807) is 31.6 Å². The molecule has 0 aromatic carbocycles. The molecule has 0 amide bonds. The smallest absolute Gasteiger partial charge is 0.233 e. The van der Waals surface area contributed by atoms with Gasteiger partial charge in [-0.1, -0.05) is 6.92 Å². The average Bonchev–Trinajstić information content (AvgIpc) is 2.53. The number of methoxy groups -OCH3 is 1. The fraction of sp³-hybridized carbons (Fsp3) is 0.308. The fourth-order valence-corrected chi connectivity index (χ4v) is 2.33. The first-order valence-electron chi connectivity index (χ1n) is 6.64. The van der Waals surface area contributed by atoms with Crippen molar-refractivity contribution >= 4 is 35.0 Å². The second kappa shape index (κ2) is 8.44. The van der Waals surface area contributed by atoms with Gasteiger partial charge in [0, 0.05) is 25.0 Å². The third kappa shape index (κ3) is 5.08. The second-order valence-electron chi connectivity index (χ2n) is 4.09. The molecule has 7 nitrogen and oxygen atoms in total. The van der Waals surface area contributed by atoms with Gasteiger partial charge in [0.2, 0.25) is 11.8 Å². The molecule has 22 heavy (non-hydrogen) atoms. The van der Waals surface area contributed by atoms with E-state index in [2.05, 4.69) is 37.5 Å². The van der Waals surface area contributed by atoms with Crippen molar-refractivity contribution < 1.29 is 4.74 Å². The molecule has 0 fully saturated rings. The van der Waals surface area contributed by atoms with E-state index >= 15 is 0 Å². The zero-order chi connectivity index (χ0) is 15.8. The van der Waals surface area contributed by atoms with Gasteiger partial charge >= 0.3 is 0 Å². The van der Waals surface area contributed by atoms with Crippen molar-refractivity contribution in [3.8, 4) is 5.88 Å². The summed E-state index contributed by atoms with van der Waals surface area (Å²) in [6.07, 6.45) is 4.33. The minimum absolute atomic E-state index is 0.367. The predicted octanol–water partition coefficient (Wildman–Crippen LogP) is 2.12. The number of rotatable bonds is 6. The highest BCUT2D eigenvalue weighted by atomic mass is 32.2. The number of thiocarbonyl (C=S) groups is 1. The van der Waals surface area contributed by atoms with Crippen molar-refractivity contribution in [2.75, 3.05) is 19.0 Å². The monoisotopic (exact) mass is 336 g/mol. The number of aromatic nitrogens is 4. The Morgan fingerprint density at radius 3 is 2.77 bits per heavy atom. The lowest BCUT2D eigenvalue weighted by atomic mass is 10.5. The molecule has 0 atom stereocenters. The first-order valence-corrected chi connectivity index (χ1v) is 7.86. The van der Waals surface area contributed by atoms with Crippen molar-refractivity contribution in [3.05, 3.63) is 24.5 Å². The molecular formula is C13H16N6OS2. The molecule has 0 spiro atoms. The molecular weight excluding hydrogens is 320 g/mol. The number of nitrogens with one attached hydrogen (secondary N) is 2. The largest absolute Gasteiger partial charge is 0.481 e. The summed E-state index contributed by atoms with van der Waals surface area (Å²) in [5.41, 5.74) is 0. The van der Waals surface area contributed by atoms with Gasteiger partial charge in [0.25, 0.3) is 0 Å². The molecule has 0 aliphatic carbocycles. The third-order valence-corrected chi connectivity index (χ3v) is 3.45. The Morgan fingerprint density at radius 1 is 1.32 bits per heavy atom. The summed E-state index contributed by atoms with van der Waals surface area (Å²) in [6, 6.07) is 3.48. The van der Waals surface area contributed by atoms with E-state index in [4.69, 9.17) is 17.0 Å². The van der Waals surface area contributed by atoms with Crippen LogP contribution in [-0.2, 0) is 0 Å². The lowest BCUT2D eigenvalue weighted by Gasteiger charge is -2.10. The standard InChI is InChI=1S/C13H16N6OS2/c1-3-5-14-12(21)19-11-17-9(20-2)8-10(18-11)22-13-15-6-4-7-16-13/h4,6-8H,3,5H2,1-2H3,(H2,14,17,18,19,21). The van der Waals surface area contributed by atoms with Crippen LogP contribution < -0.4 is 15.4 Å². The van der Waals surface area contributed by atoms with Gasteiger partial charge in [-0.05, 0) is 36.5 Å². The number of anilines is 1. The minimum atomic E-state index is 0.367. The lowest BCUT2D eigenvalue weighted by molar-refractivity contribution is 0.396. The molecule has 0 bridgehead atoms. The second-order valence-corrected chi connectivity index (χ2v) is 5.48. The SMILES string of the molecule is CCCNC(=S)Nc1nc(OC)cc(Sc2ncccn2)n1. The summed E-state index contributed by atoms with van der Waals surface area (Å²) in [6.45, 7) is 2.85. The molecule has 0 unspecified atom stereocenters. The van der Waals surface area contributed by atoms with E-state index in [0.717, 1.165) is 13.0 Å². The molecule has 2 aromatic heterocycles. The Morgan fingerprint density at radius 2 is 2.09 bits per heavy atom. The molecule has 2 rings (SSSR count). The highest BCUT2D eigenvalue weighted by Crippen LogP contribution is 2.25. The molecule has 2 N–H and O–H groups in total. The molecule has 0 radical (unpaired) electrons. The average molecular weight is 336 g/mol. The van der Waals surface area contributed by atoms with Crippen LogP contribution in [0.15, 0.2) is 34.7 Å². The molecule has 116 valence electrons. The van der Waals surface area contributed by atoms with Crippen LogP contribution in [0.4, 0.5) is 5.95 Å². The number of hydrogen-bond acceptors (Lipinski definition) is 7. The zero-order valence-electron chi connectivity index (χ0n) is 12.2. The number of nitrogens with zero attached hydrogens (tertiary/aromatic N) is 4. The molecule has 0 saturated carbocycles. The third-order valence-electron chi connectivity index (χ3n) is 2.39. The maximum Gasteiger partial charge on any atom is 0.233 e. The van der Waals surface area contributed by atoms with Crippen LogP contribution in [0.25, 0.3) is 0 Å². The predicted molar refractivity (Wildman–Crippen MR) is 89.3 cm³/mol. The summed E-state index contributed by atoms with van der Waals surface area (Å²) in [4.78, 5) is 16.9. The Kier molecular flexibility index (Phi) is 6.28. The molecule has 0 saturated heterocycles. The Hall–Kier alpha value is -2.00. The van der Waals surface area contributed by atoms with Crippen molar-refractivity contribution in [1.29, 1.82) is 0 Å². The maximum absolute atomic E-state index is 5.19. The van der Waals surface area contributed by atoms with E-state index in [1.165, 1.54) is 11.8 Å². The molecule has 2 heterocycles. The van der Waals surface area contributed by atoms with E-state index in [1.807, 2.05) is 0 Å². The van der Waals surface area contributed by atoms with Crippen LogP contribution in [-0.4, -0.2) is 38.7 Å². The zero-order valence-corrected chi connectivity index (χ0v) is 13.9. The summed E-state index contributed by atoms with van der Waals surface area (Å²) in [7, 11) is 1.55. The van der Waals surface area contributed by atoms with Gasteiger partial charge in [-0.3, -0.25) is 0 Å². The van der Waals surface area contributed by atoms with Gasteiger partial charge in [-0.2, -0.15) is 4.98 Å². The van der Waals surface area contributed by atoms with Crippen LogP contribution in [0.1, 0.15) is 13.3 Å². The van der Waals surface area contributed by atoms with E-state index in [-0.39, 0.29) is 0 Å². The van der Waals surface area contributed by atoms with Crippen LogP contribution in [0.5, 0.6) is 5.88 Å². The van der Waals surface area contributed by atoms with Gasteiger partial charge in [-0.25, -0.2) is 15.0 Å². The van der Waals surface area contributed by atoms with Crippen LogP contribution in [0, 0.1) is 0 Å². The van der Waals surface area contributed by atoms with E-state index in [9.17, 15) is 0 Å². The summed E-state index contributed by atoms with van der Waals surface area (Å²) >= 11 is 6.50. The number of hydrogen-bond donors (Lipinski definition) is 2. The fourth-order valence-electron chi connectivity index (χ4n) is 1.43. The summed E-state index contributed by atoms with van der Waals surface area (Å²) < 4.78 is 5.19. The van der Waals surface area contributed by atoms with Crippen LogP contribution >= 0.6 is 24.0 Å². The van der Waals surface area contributed by atoms with Crippen molar-refractivity contribution in [2.24, 2.45) is 0 Å². The quantitative estimate of drug-likeness (QED) is 0.468. The summed E-state index contributed by atoms with van der Waals surface area (Å²) in [5.74, 6) is 0.806. The van der Waals surface area contributed by atoms with Gasteiger partial charge in [0.05, 0.1) is 7.11 Å². The molecule has 0 aliphatic heterocycles. The normalized spacial score (nSPS) is 10.1. The van der Waals surface area contributed by atoms with Crippen LogP contribution in [0.2, 0.25) is 0 Å². The van der Waals surface area contributed by atoms with Crippen molar-refractivity contribution in [3.63, 3.8) is 0 Å². The first kappa shape index (κ1) is 16.4. The van der Waals surface area contributed by atoms with E-state index in [0.29, 0.717) is 27.1 Å².